The van der Waals surface area contributed by atoms with Crippen LogP contribution < -0.4 is 9.47 Å². The van der Waals surface area contributed by atoms with Crippen LogP contribution in [0, 0.1) is 0 Å². The van der Waals surface area contributed by atoms with Crippen LogP contribution in [0.2, 0.25) is 0 Å². The van der Waals surface area contributed by atoms with Crippen molar-refractivity contribution in [3.63, 3.8) is 0 Å². The van der Waals surface area contributed by atoms with Gasteiger partial charge in [0.2, 0.25) is 5.91 Å². The number of amides is 1. The maximum absolute atomic E-state index is 12.8. The number of hydrogen-bond acceptors (Lipinski definition) is 5. The third-order valence-electron chi connectivity index (χ3n) is 5.76. The van der Waals surface area contributed by atoms with Crippen LogP contribution in [0.3, 0.4) is 0 Å². The van der Waals surface area contributed by atoms with Crippen LogP contribution in [-0.4, -0.2) is 44.7 Å². The van der Waals surface area contributed by atoms with E-state index in [9.17, 15) is 13.2 Å². The minimum Gasteiger partial charge on any atom is -0.486 e. The first-order valence-corrected chi connectivity index (χ1v) is 12.1. The maximum atomic E-state index is 12.8. The molecule has 0 bridgehead atoms. The minimum absolute atomic E-state index is 0.0420. The molecule has 2 aromatic carbocycles. The first-order chi connectivity index (χ1) is 14.5. The zero-order valence-electron chi connectivity index (χ0n) is 17.2. The van der Waals surface area contributed by atoms with Gasteiger partial charge in [0.1, 0.15) is 13.2 Å². The lowest BCUT2D eigenvalue weighted by molar-refractivity contribution is -0.131. The average Bonchev–Trinajstić information content (AvgIpc) is 3.24. The molecule has 30 heavy (non-hydrogen) atoms. The smallest absolute Gasteiger partial charge is 0.223 e. The van der Waals surface area contributed by atoms with Gasteiger partial charge in [0.25, 0.3) is 0 Å². The van der Waals surface area contributed by atoms with Crippen molar-refractivity contribution in [3.8, 4) is 11.5 Å². The Kier molecular flexibility index (Phi) is 5.99. The van der Waals surface area contributed by atoms with E-state index in [1.165, 1.54) is 5.56 Å². The number of rotatable bonds is 7. The first-order valence-electron chi connectivity index (χ1n) is 10.5. The molecule has 1 heterocycles. The van der Waals surface area contributed by atoms with E-state index in [1.54, 1.807) is 17.0 Å². The van der Waals surface area contributed by atoms with Gasteiger partial charge in [-0.15, -0.1) is 0 Å². The van der Waals surface area contributed by atoms with Crippen LogP contribution in [0.15, 0.2) is 41.3 Å². The molecule has 2 aliphatic rings. The van der Waals surface area contributed by atoms with Gasteiger partial charge in [-0.3, -0.25) is 4.79 Å². The average molecular weight is 430 g/mol. The monoisotopic (exact) mass is 429 g/mol. The van der Waals surface area contributed by atoms with Gasteiger partial charge in [-0.1, -0.05) is 18.2 Å². The Hall–Kier alpha value is -2.54. The molecule has 0 saturated carbocycles. The quantitative estimate of drug-likeness (QED) is 0.676. The van der Waals surface area contributed by atoms with Crippen molar-refractivity contribution in [3.05, 3.63) is 53.1 Å². The van der Waals surface area contributed by atoms with E-state index in [4.69, 9.17) is 9.47 Å². The third-order valence-corrected chi connectivity index (χ3v) is 7.47. The van der Waals surface area contributed by atoms with E-state index >= 15 is 0 Å². The molecular weight excluding hydrogens is 402 g/mol. The lowest BCUT2D eigenvalue weighted by Gasteiger charge is -2.25. The van der Waals surface area contributed by atoms with Crippen LogP contribution in [0.25, 0.3) is 0 Å². The second kappa shape index (κ2) is 8.68. The van der Waals surface area contributed by atoms with Crippen LogP contribution in [0.5, 0.6) is 11.5 Å². The predicted molar refractivity (Wildman–Crippen MR) is 114 cm³/mol. The van der Waals surface area contributed by atoms with Crippen molar-refractivity contribution in [1.82, 2.24) is 4.90 Å². The molecule has 4 rings (SSSR count). The number of aryl methyl sites for hydroxylation is 2. The fraction of sp³-hybridized carbons (Fsp3) is 0.435. The Labute approximate surface area is 177 Å². The number of para-hydroxylation sites is 1. The van der Waals surface area contributed by atoms with Crippen molar-refractivity contribution in [2.75, 3.05) is 25.5 Å². The van der Waals surface area contributed by atoms with Gasteiger partial charge >= 0.3 is 0 Å². The Morgan fingerprint density at radius 3 is 2.70 bits per heavy atom. The minimum atomic E-state index is -3.50. The van der Waals surface area contributed by atoms with Gasteiger partial charge in [-0.25, -0.2) is 8.42 Å². The molecule has 2 aromatic rings. The Balaban J connectivity index is 1.42. The number of carbonyl (C=O) groups is 1. The van der Waals surface area contributed by atoms with E-state index in [1.807, 2.05) is 31.2 Å². The van der Waals surface area contributed by atoms with Gasteiger partial charge in [0.15, 0.2) is 21.3 Å². The van der Waals surface area contributed by atoms with Crippen LogP contribution >= 0.6 is 0 Å². The number of carbonyl (C=O) groups excluding carboxylic acids is 1. The normalized spacial score (nSPS) is 15.0. The Bertz CT molecular complexity index is 1050. The molecular formula is C23H27NO5S. The highest BCUT2D eigenvalue weighted by atomic mass is 32.2. The maximum Gasteiger partial charge on any atom is 0.223 e. The standard InChI is InChI=1S/C23H27NO5S/c1-2-24(16-19-7-4-8-21-23(19)29-13-12-28-21)22(25)11-14-30(26,27)20-10-9-17-5-3-6-18(17)15-20/h4,7-10,15H,2-3,5-6,11-14,16H2,1H3. The fourth-order valence-corrected chi connectivity index (χ4v) is 5.36. The van der Waals surface area contributed by atoms with Gasteiger partial charge in [0.05, 0.1) is 10.6 Å². The highest BCUT2D eigenvalue weighted by molar-refractivity contribution is 7.91. The molecule has 0 radical (unpaired) electrons. The number of ether oxygens (including phenoxy) is 2. The summed E-state index contributed by atoms with van der Waals surface area (Å²) in [5.74, 6) is 0.979. The molecule has 0 N–H and O–H groups in total. The largest absolute Gasteiger partial charge is 0.486 e. The SMILES string of the molecule is CCN(Cc1cccc2c1OCCO2)C(=O)CCS(=O)(=O)c1ccc2c(c1)CCC2. The summed E-state index contributed by atoms with van der Waals surface area (Å²) in [6, 6.07) is 11.0. The lowest BCUT2D eigenvalue weighted by Crippen LogP contribution is -2.32. The Morgan fingerprint density at radius 1 is 1.07 bits per heavy atom. The van der Waals surface area contributed by atoms with Crippen molar-refractivity contribution in [1.29, 1.82) is 0 Å². The van der Waals surface area contributed by atoms with E-state index < -0.39 is 9.84 Å². The topological polar surface area (TPSA) is 72.9 Å². The molecule has 6 nitrogen and oxygen atoms in total. The summed E-state index contributed by atoms with van der Waals surface area (Å²) in [6.45, 7) is 3.72. The van der Waals surface area contributed by atoms with E-state index in [0.29, 0.717) is 42.7 Å². The summed E-state index contributed by atoms with van der Waals surface area (Å²) in [6.07, 6.45) is 2.96. The number of sulfone groups is 1. The third kappa shape index (κ3) is 4.31. The Morgan fingerprint density at radius 2 is 1.87 bits per heavy atom. The van der Waals surface area contributed by atoms with Gasteiger partial charge < -0.3 is 14.4 Å². The van der Waals surface area contributed by atoms with Crippen LogP contribution in [0.1, 0.15) is 36.5 Å². The van der Waals surface area contributed by atoms with Crippen LogP contribution in [-0.2, 0) is 34.0 Å². The summed E-state index contributed by atoms with van der Waals surface area (Å²) < 4.78 is 36.9. The highest BCUT2D eigenvalue weighted by Crippen LogP contribution is 2.34. The van der Waals surface area contributed by atoms with E-state index in [-0.39, 0.29) is 18.1 Å². The van der Waals surface area contributed by atoms with Crippen molar-refractivity contribution < 1.29 is 22.7 Å². The molecule has 0 spiro atoms. The van der Waals surface area contributed by atoms with Gasteiger partial charge in [-0.05, 0) is 55.5 Å². The molecule has 160 valence electrons. The summed E-state index contributed by atoms with van der Waals surface area (Å²) in [5, 5.41) is 0. The summed E-state index contributed by atoms with van der Waals surface area (Å²) in [7, 11) is -3.50. The predicted octanol–water partition coefficient (Wildman–Crippen LogP) is 3.16. The van der Waals surface area contributed by atoms with Crippen molar-refractivity contribution in [2.24, 2.45) is 0 Å². The molecule has 1 amide bonds. The second-order valence-corrected chi connectivity index (χ2v) is 9.81. The molecule has 7 heteroatoms. The number of nitrogens with zero attached hydrogens (tertiary/aromatic N) is 1. The van der Waals surface area contributed by atoms with Crippen molar-refractivity contribution >= 4 is 15.7 Å². The first kappa shape index (κ1) is 20.7. The zero-order chi connectivity index (χ0) is 21.1. The van der Waals surface area contributed by atoms with E-state index in [0.717, 1.165) is 30.4 Å². The highest BCUT2D eigenvalue weighted by Gasteiger charge is 2.23. The van der Waals surface area contributed by atoms with Crippen molar-refractivity contribution in [2.45, 2.75) is 44.0 Å². The second-order valence-electron chi connectivity index (χ2n) is 7.70. The van der Waals surface area contributed by atoms with Crippen LogP contribution in [0.4, 0.5) is 0 Å². The zero-order valence-corrected chi connectivity index (χ0v) is 18.0. The van der Waals surface area contributed by atoms with E-state index in [2.05, 4.69) is 0 Å². The molecule has 1 aliphatic heterocycles. The lowest BCUT2D eigenvalue weighted by atomic mass is 10.1. The molecule has 1 aliphatic carbocycles. The summed E-state index contributed by atoms with van der Waals surface area (Å²) in [5.41, 5.74) is 3.22. The number of benzene rings is 2. The van der Waals surface area contributed by atoms with Gasteiger partial charge in [-0.2, -0.15) is 0 Å². The molecule has 0 unspecified atom stereocenters. The fourth-order valence-electron chi connectivity index (χ4n) is 4.08. The molecule has 0 atom stereocenters. The molecule has 0 fully saturated rings. The summed E-state index contributed by atoms with van der Waals surface area (Å²) >= 11 is 0. The molecule has 0 aromatic heterocycles. The summed E-state index contributed by atoms with van der Waals surface area (Å²) in [4.78, 5) is 14.8. The number of hydrogen-bond donors (Lipinski definition) is 0. The molecule has 0 saturated heterocycles. The van der Waals surface area contributed by atoms with Gasteiger partial charge in [0, 0.05) is 25.1 Å². The number of fused-ring (bicyclic) bond motifs is 2.